The largest absolute Gasteiger partial charge is 0.328 e. The first-order valence-corrected chi connectivity index (χ1v) is 9.09. The number of piperidine rings is 1. The summed E-state index contributed by atoms with van der Waals surface area (Å²) in [4.78, 5) is 2.63. The summed E-state index contributed by atoms with van der Waals surface area (Å²) < 4.78 is 0. The summed E-state index contributed by atoms with van der Waals surface area (Å²) in [5.74, 6) is 0. The van der Waals surface area contributed by atoms with Crippen molar-refractivity contribution in [3.05, 3.63) is 0 Å². The molecule has 0 bridgehead atoms. The topological polar surface area (TPSA) is 29.3 Å². The molecule has 0 saturated carbocycles. The number of hydrogen-bond donors (Lipinski definition) is 1. The molecule has 2 nitrogen and oxygen atoms in total. The standard InChI is InChI=1S/C10H24N2Si/c1-9-7-10(11)5-6-12(9)8-13(2,3)4/h9-10H,5-8,11H2,1-4H3. The van der Waals surface area contributed by atoms with Crippen molar-refractivity contribution in [2.45, 2.75) is 51.5 Å². The summed E-state index contributed by atoms with van der Waals surface area (Å²) in [5.41, 5.74) is 5.94. The van der Waals surface area contributed by atoms with E-state index in [2.05, 4.69) is 31.5 Å². The van der Waals surface area contributed by atoms with E-state index >= 15 is 0 Å². The molecular weight excluding hydrogens is 176 g/mol. The van der Waals surface area contributed by atoms with Crippen LogP contribution in [0.3, 0.4) is 0 Å². The van der Waals surface area contributed by atoms with Gasteiger partial charge in [-0.05, 0) is 32.5 Å². The molecule has 3 heteroatoms. The Morgan fingerprint density at radius 3 is 2.46 bits per heavy atom. The van der Waals surface area contributed by atoms with Gasteiger partial charge in [0.25, 0.3) is 0 Å². The molecular formula is C10H24N2Si. The van der Waals surface area contributed by atoms with E-state index in [1.54, 1.807) is 0 Å². The average Bonchev–Trinajstić information content (AvgIpc) is 1.93. The van der Waals surface area contributed by atoms with E-state index in [4.69, 9.17) is 5.73 Å². The summed E-state index contributed by atoms with van der Waals surface area (Å²) in [6, 6.07) is 1.16. The van der Waals surface area contributed by atoms with Crippen molar-refractivity contribution in [1.29, 1.82) is 0 Å². The molecule has 1 rings (SSSR count). The van der Waals surface area contributed by atoms with Crippen molar-refractivity contribution in [3.63, 3.8) is 0 Å². The van der Waals surface area contributed by atoms with Crippen LogP contribution in [0.1, 0.15) is 19.8 Å². The Morgan fingerprint density at radius 2 is 2.00 bits per heavy atom. The van der Waals surface area contributed by atoms with Gasteiger partial charge in [-0.1, -0.05) is 19.6 Å². The molecule has 2 unspecified atom stereocenters. The van der Waals surface area contributed by atoms with Gasteiger partial charge in [0.05, 0.1) is 8.07 Å². The van der Waals surface area contributed by atoms with E-state index in [-0.39, 0.29) is 0 Å². The smallest absolute Gasteiger partial charge is 0.0599 e. The lowest BCUT2D eigenvalue weighted by molar-refractivity contribution is 0.170. The quantitative estimate of drug-likeness (QED) is 0.687. The summed E-state index contributed by atoms with van der Waals surface area (Å²) in [5, 5.41) is 0. The third-order valence-corrected chi connectivity index (χ3v) is 4.09. The first-order chi connectivity index (χ1) is 5.88. The predicted molar refractivity (Wildman–Crippen MR) is 61.6 cm³/mol. The number of rotatable bonds is 2. The third-order valence-electron chi connectivity index (χ3n) is 2.73. The minimum atomic E-state index is -0.923. The Labute approximate surface area is 83.5 Å². The van der Waals surface area contributed by atoms with Crippen LogP contribution in [0.5, 0.6) is 0 Å². The Hall–Kier alpha value is 0.137. The Kier molecular flexibility index (Phi) is 3.55. The lowest BCUT2D eigenvalue weighted by Gasteiger charge is -2.39. The van der Waals surface area contributed by atoms with Crippen molar-refractivity contribution in [2.24, 2.45) is 5.73 Å². The van der Waals surface area contributed by atoms with Crippen LogP contribution >= 0.6 is 0 Å². The Morgan fingerprint density at radius 1 is 1.38 bits per heavy atom. The molecule has 1 fully saturated rings. The maximum Gasteiger partial charge on any atom is 0.0599 e. The molecule has 0 aromatic rings. The SMILES string of the molecule is CC1CC(N)CCN1C[Si](C)(C)C. The van der Waals surface area contributed by atoms with E-state index in [0.717, 1.165) is 0 Å². The Balaban J connectivity index is 2.43. The number of nitrogens with two attached hydrogens (primary N) is 1. The summed E-state index contributed by atoms with van der Waals surface area (Å²) in [7, 11) is -0.923. The molecule has 1 aliphatic heterocycles. The summed E-state index contributed by atoms with van der Waals surface area (Å²) >= 11 is 0. The van der Waals surface area contributed by atoms with E-state index in [1.807, 2.05) is 0 Å². The molecule has 0 aromatic carbocycles. The van der Waals surface area contributed by atoms with Crippen LogP contribution in [0.2, 0.25) is 19.6 Å². The van der Waals surface area contributed by atoms with Crippen molar-refractivity contribution in [2.75, 3.05) is 12.7 Å². The van der Waals surface area contributed by atoms with Crippen LogP contribution in [0, 0.1) is 0 Å². The fourth-order valence-electron chi connectivity index (χ4n) is 2.10. The van der Waals surface area contributed by atoms with E-state index in [1.165, 1.54) is 25.6 Å². The molecule has 13 heavy (non-hydrogen) atoms. The van der Waals surface area contributed by atoms with Gasteiger partial charge < -0.3 is 10.6 Å². The van der Waals surface area contributed by atoms with Gasteiger partial charge in [-0.2, -0.15) is 0 Å². The van der Waals surface area contributed by atoms with Gasteiger partial charge in [-0.3, -0.25) is 0 Å². The fourth-order valence-corrected chi connectivity index (χ4v) is 3.79. The van der Waals surface area contributed by atoms with Gasteiger partial charge in [0.1, 0.15) is 0 Å². The molecule has 1 saturated heterocycles. The van der Waals surface area contributed by atoms with Crippen molar-refractivity contribution >= 4 is 8.07 Å². The van der Waals surface area contributed by atoms with Crippen molar-refractivity contribution in [3.8, 4) is 0 Å². The van der Waals surface area contributed by atoms with Crippen LogP contribution in [-0.2, 0) is 0 Å². The normalized spacial score (nSPS) is 32.1. The maximum absolute atomic E-state index is 5.94. The third kappa shape index (κ3) is 3.79. The number of nitrogens with zero attached hydrogens (tertiary/aromatic N) is 1. The van der Waals surface area contributed by atoms with Crippen LogP contribution in [0.15, 0.2) is 0 Å². The van der Waals surface area contributed by atoms with Crippen LogP contribution in [0.25, 0.3) is 0 Å². The van der Waals surface area contributed by atoms with Gasteiger partial charge in [0.2, 0.25) is 0 Å². The first kappa shape index (κ1) is 11.2. The van der Waals surface area contributed by atoms with Gasteiger partial charge in [0.15, 0.2) is 0 Å². The highest BCUT2D eigenvalue weighted by Gasteiger charge is 2.26. The number of hydrogen-bond acceptors (Lipinski definition) is 2. The van der Waals surface area contributed by atoms with Gasteiger partial charge in [0, 0.05) is 12.1 Å². The molecule has 0 aromatic heterocycles. The van der Waals surface area contributed by atoms with E-state index < -0.39 is 8.07 Å². The van der Waals surface area contributed by atoms with Crippen molar-refractivity contribution < 1.29 is 0 Å². The second kappa shape index (κ2) is 4.11. The predicted octanol–water partition coefficient (Wildman–Crippen LogP) is 1.68. The number of likely N-dealkylation sites (tertiary alicyclic amines) is 1. The van der Waals surface area contributed by atoms with Gasteiger partial charge in [-0.25, -0.2) is 0 Å². The van der Waals surface area contributed by atoms with Crippen molar-refractivity contribution in [1.82, 2.24) is 4.90 Å². The highest BCUT2D eigenvalue weighted by Crippen LogP contribution is 2.18. The van der Waals surface area contributed by atoms with Gasteiger partial charge in [-0.15, -0.1) is 0 Å². The molecule has 78 valence electrons. The molecule has 0 aliphatic carbocycles. The van der Waals surface area contributed by atoms with E-state index in [0.29, 0.717) is 12.1 Å². The minimum Gasteiger partial charge on any atom is -0.328 e. The minimum absolute atomic E-state index is 0.452. The maximum atomic E-state index is 5.94. The average molecular weight is 200 g/mol. The zero-order valence-electron chi connectivity index (χ0n) is 9.51. The lowest BCUT2D eigenvalue weighted by Crippen LogP contribution is -2.51. The zero-order chi connectivity index (χ0) is 10.1. The molecule has 0 radical (unpaired) electrons. The van der Waals surface area contributed by atoms with Crippen LogP contribution in [-0.4, -0.2) is 37.8 Å². The van der Waals surface area contributed by atoms with Crippen LogP contribution in [0.4, 0.5) is 0 Å². The molecule has 2 N–H and O–H groups in total. The highest BCUT2D eigenvalue weighted by molar-refractivity contribution is 6.76. The van der Waals surface area contributed by atoms with Crippen LogP contribution < -0.4 is 5.73 Å². The van der Waals surface area contributed by atoms with E-state index in [9.17, 15) is 0 Å². The molecule has 1 aliphatic rings. The zero-order valence-corrected chi connectivity index (χ0v) is 10.5. The lowest BCUT2D eigenvalue weighted by atomic mass is 10.0. The first-order valence-electron chi connectivity index (χ1n) is 5.38. The summed E-state index contributed by atoms with van der Waals surface area (Å²) in [6.45, 7) is 10.8. The molecule has 1 heterocycles. The second-order valence-electron chi connectivity index (χ2n) is 5.66. The second-order valence-corrected chi connectivity index (χ2v) is 11.1. The molecule has 0 spiro atoms. The molecule has 0 amide bonds. The molecule has 2 atom stereocenters. The highest BCUT2D eigenvalue weighted by atomic mass is 28.3. The summed E-state index contributed by atoms with van der Waals surface area (Å²) in [6.07, 6.45) is 3.71. The fraction of sp³-hybridized carbons (Fsp3) is 1.00. The monoisotopic (exact) mass is 200 g/mol. The Bertz CT molecular complexity index is 165. The van der Waals surface area contributed by atoms with Gasteiger partial charge >= 0.3 is 0 Å².